The van der Waals surface area contributed by atoms with Crippen molar-refractivity contribution in [2.75, 3.05) is 19.0 Å². The number of amides is 1. The first-order valence-corrected chi connectivity index (χ1v) is 8.46. The summed E-state index contributed by atoms with van der Waals surface area (Å²) in [6.45, 7) is 2.28. The lowest BCUT2D eigenvalue weighted by Gasteiger charge is -2.38. The van der Waals surface area contributed by atoms with E-state index < -0.39 is 11.5 Å². The molecule has 1 aliphatic rings. The van der Waals surface area contributed by atoms with Crippen LogP contribution in [0.15, 0.2) is 35.2 Å². The monoisotopic (exact) mass is 335 g/mol. The molecular weight excluding hydrogens is 314 g/mol. The number of benzene rings is 1. The van der Waals surface area contributed by atoms with Crippen molar-refractivity contribution in [3.05, 3.63) is 30.3 Å². The average molecular weight is 335 g/mol. The molecule has 1 saturated heterocycles. The highest BCUT2D eigenvalue weighted by atomic mass is 32.2. The molecule has 1 aromatic rings. The Labute approximate surface area is 140 Å². The maximum Gasteiger partial charge on any atom is 0.275 e. The number of hydroxylamine groups is 1. The summed E-state index contributed by atoms with van der Waals surface area (Å²) in [5.74, 6) is 5.71. The molecule has 1 aliphatic heterocycles. The lowest BCUT2D eigenvalue weighted by Crippen LogP contribution is -2.54. The van der Waals surface area contributed by atoms with Crippen LogP contribution in [-0.4, -0.2) is 41.8 Å². The molecule has 5 nitrogen and oxygen atoms in total. The second-order valence-electron chi connectivity index (χ2n) is 5.22. The van der Waals surface area contributed by atoms with Crippen LogP contribution in [0.2, 0.25) is 0 Å². The fourth-order valence-corrected chi connectivity index (χ4v) is 3.43. The SMILES string of the molecule is CC#CCOC1(C(=O)NO)CCOC(CSc2ccccc2)C1. The van der Waals surface area contributed by atoms with Gasteiger partial charge in [-0.15, -0.1) is 17.7 Å². The number of hydrogen-bond donors (Lipinski definition) is 2. The Morgan fingerprint density at radius 2 is 2.30 bits per heavy atom. The molecule has 0 aromatic heterocycles. The van der Waals surface area contributed by atoms with Gasteiger partial charge in [0, 0.05) is 23.5 Å². The molecule has 1 heterocycles. The third kappa shape index (κ3) is 4.98. The van der Waals surface area contributed by atoms with Crippen LogP contribution >= 0.6 is 11.8 Å². The summed E-state index contributed by atoms with van der Waals surface area (Å²) >= 11 is 1.67. The highest BCUT2D eigenvalue weighted by Crippen LogP contribution is 2.32. The second-order valence-corrected chi connectivity index (χ2v) is 6.32. The van der Waals surface area contributed by atoms with Crippen LogP contribution in [0.25, 0.3) is 0 Å². The Hall–Kier alpha value is -1.52. The van der Waals surface area contributed by atoms with Gasteiger partial charge >= 0.3 is 0 Å². The van der Waals surface area contributed by atoms with Crippen molar-refractivity contribution < 1.29 is 19.5 Å². The van der Waals surface area contributed by atoms with Gasteiger partial charge in [-0.05, 0) is 19.1 Å². The predicted octanol–water partition coefficient (Wildman–Crippen LogP) is 2.24. The minimum atomic E-state index is -1.08. The molecule has 6 heteroatoms. The standard InChI is InChI=1S/C17H21NO4S/c1-2-3-10-22-17(16(19)18-20)9-11-21-14(12-17)13-23-15-7-5-4-6-8-15/h4-8,14,20H,9-13H2,1H3,(H,18,19). The van der Waals surface area contributed by atoms with Gasteiger partial charge in [-0.25, -0.2) is 5.48 Å². The Kier molecular flexibility index (Phi) is 6.93. The molecule has 1 amide bonds. The van der Waals surface area contributed by atoms with Crippen LogP contribution < -0.4 is 5.48 Å². The first-order valence-electron chi connectivity index (χ1n) is 7.48. The fourth-order valence-electron chi connectivity index (χ4n) is 2.48. The number of ether oxygens (including phenoxy) is 2. The lowest BCUT2D eigenvalue weighted by molar-refractivity contribution is -0.172. The number of thioether (sulfide) groups is 1. The van der Waals surface area contributed by atoms with Crippen molar-refractivity contribution >= 4 is 17.7 Å². The van der Waals surface area contributed by atoms with E-state index >= 15 is 0 Å². The quantitative estimate of drug-likeness (QED) is 0.361. The summed E-state index contributed by atoms with van der Waals surface area (Å²) in [6.07, 6.45) is 0.669. The molecule has 0 bridgehead atoms. The van der Waals surface area contributed by atoms with Gasteiger partial charge in [0.05, 0.1) is 12.7 Å². The van der Waals surface area contributed by atoms with Crippen LogP contribution in [0.4, 0.5) is 0 Å². The van der Waals surface area contributed by atoms with E-state index in [0.29, 0.717) is 25.2 Å². The van der Waals surface area contributed by atoms with Crippen LogP contribution in [0.5, 0.6) is 0 Å². The van der Waals surface area contributed by atoms with Crippen LogP contribution in [0.3, 0.4) is 0 Å². The molecule has 2 unspecified atom stereocenters. The Balaban J connectivity index is 1.99. The summed E-state index contributed by atoms with van der Waals surface area (Å²) in [4.78, 5) is 13.3. The van der Waals surface area contributed by atoms with Gasteiger partial charge in [0.1, 0.15) is 6.61 Å². The van der Waals surface area contributed by atoms with E-state index in [1.807, 2.05) is 30.3 Å². The topological polar surface area (TPSA) is 67.8 Å². The number of rotatable bonds is 6. The van der Waals surface area contributed by atoms with Gasteiger partial charge in [0.2, 0.25) is 0 Å². The minimum absolute atomic E-state index is 0.124. The number of carbonyl (C=O) groups is 1. The number of carbonyl (C=O) groups excluding carboxylic acids is 1. The van der Waals surface area contributed by atoms with Crippen molar-refractivity contribution in [2.45, 2.75) is 36.4 Å². The smallest absolute Gasteiger partial charge is 0.275 e. The predicted molar refractivity (Wildman–Crippen MR) is 88.2 cm³/mol. The molecule has 0 spiro atoms. The third-order valence-electron chi connectivity index (χ3n) is 3.71. The van der Waals surface area contributed by atoms with E-state index in [0.717, 1.165) is 4.90 Å². The summed E-state index contributed by atoms with van der Waals surface area (Å²) in [6, 6.07) is 10.0. The van der Waals surface area contributed by atoms with E-state index in [2.05, 4.69) is 11.8 Å². The average Bonchev–Trinajstić information content (AvgIpc) is 2.60. The van der Waals surface area contributed by atoms with Crippen molar-refractivity contribution in [2.24, 2.45) is 0 Å². The highest BCUT2D eigenvalue weighted by Gasteiger charge is 2.44. The van der Waals surface area contributed by atoms with Crippen LogP contribution in [0, 0.1) is 11.8 Å². The van der Waals surface area contributed by atoms with Gasteiger partial charge in [-0.2, -0.15) is 0 Å². The molecule has 2 rings (SSSR count). The van der Waals surface area contributed by atoms with E-state index in [4.69, 9.17) is 14.7 Å². The molecule has 0 saturated carbocycles. The van der Waals surface area contributed by atoms with Gasteiger partial charge in [-0.3, -0.25) is 10.0 Å². The lowest BCUT2D eigenvalue weighted by atomic mass is 9.89. The maximum absolute atomic E-state index is 12.1. The number of nitrogens with one attached hydrogen (secondary N) is 1. The molecule has 23 heavy (non-hydrogen) atoms. The van der Waals surface area contributed by atoms with E-state index in [9.17, 15) is 4.79 Å². The second kappa shape index (κ2) is 8.94. The van der Waals surface area contributed by atoms with Crippen molar-refractivity contribution in [3.8, 4) is 11.8 Å². The summed E-state index contributed by atoms with van der Waals surface area (Å²) in [5.41, 5.74) is 0.638. The molecule has 0 aliphatic carbocycles. The molecule has 2 atom stereocenters. The first-order chi connectivity index (χ1) is 11.2. The van der Waals surface area contributed by atoms with Crippen molar-refractivity contribution in [1.82, 2.24) is 5.48 Å². The van der Waals surface area contributed by atoms with Gasteiger partial charge in [-0.1, -0.05) is 24.1 Å². The third-order valence-corrected chi connectivity index (χ3v) is 4.85. The first kappa shape index (κ1) is 17.8. The molecule has 0 radical (unpaired) electrons. The van der Waals surface area contributed by atoms with E-state index in [1.54, 1.807) is 24.2 Å². The minimum Gasteiger partial charge on any atom is -0.377 e. The maximum atomic E-state index is 12.1. The molecule has 2 N–H and O–H groups in total. The summed E-state index contributed by atoms with van der Waals surface area (Å²) in [7, 11) is 0. The Morgan fingerprint density at radius 3 is 3.00 bits per heavy atom. The highest BCUT2D eigenvalue weighted by molar-refractivity contribution is 7.99. The van der Waals surface area contributed by atoms with Crippen LogP contribution in [-0.2, 0) is 14.3 Å². The zero-order valence-electron chi connectivity index (χ0n) is 13.1. The van der Waals surface area contributed by atoms with Gasteiger partial charge in [0.25, 0.3) is 5.91 Å². The van der Waals surface area contributed by atoms with Crippen molar-refractivity contribution in [1.29, 1.82) is 0 Å². The Bertz CT molecular complexity index is 569. The molecular formula is C17H21NO4S. The van der Waals surface area contributed by atoms with Crippen molar-refractivity contribution in [3.63, 3.8) is 0 Å². The van der Waals surface area contributed by atoms with Gasteiger partial charge < -0.3 is 9.47 Å². The van der Waals surface area contributed by atoms with Crippen LogP contribution in [0.1, 0.15) is 19.8 Å². The molecule has 1 aromatic carbocycles. The molecule has 1 fully saturated rings. The summed E-state index contributed by atoms with van der Waals surface area (Å²) < 4.78 is 11.5. The van der Waals surface area contributed by atoms with E-state index in [1.165, 1.54) is 0 Å². The van der Waals surface area contributed by atoms with Gasteiger partial charge in [0.15, 0.2) is 5.60 Å². The largest absolute Gasteiger partial charge is 0.377 e. The summed E-state index contributed by atoms with van der Waals surface area (Å²) in [5, 5.41) is 9.04. The van der Waals surface area contributed by atoms with E-state index in [-0.39, 0.29) is 12.7 Å². The Morgan fingerprint density at radius 1 is 1.52 bits per heavy atom. The fraction of sp³-hybridized carbons (Fsp3) is 0.471. The zero-order valence-corrected chi connectivity index (χ0v) is 13.9. The molecule has 124 valence electrons. The zero-order chi connectivity index (χ0) is 16.5. The number of hydrogen-bond acceptors (Lipinski definition) is 5. The normalized spacial score (nSPS) is 23.7.